The van der Waals surface area contributed by atoms with Crippen LogP contribution in [0.1, 0.15) is 19.3 Å². The number of benzene rings is 1. The molecule has 2 aliphatic rings. The Morgan fingerprint density at radius 3 is 2.90 bits per heavy atom. The number of carbonyl (C=O) groups excluding carboxylic acids is 2. The summed E-state index contributed by atoms with van der Waals surface area (Å²) >= 11 is 0. The van der Waals surface area contributed by atoms with Crippen LogP contribution < -0.4 is 20.1 Å². The highest BCUT2D eigenvalue weighted by atomic mass is 16.6. The van der Waals surface area contributed by atoms with Crippen LogP contribution in [-0.2, 0) is 9.59 Å². The summed E-state index contributed by atoms with van der Waals surface area (Å²) in [5.41, 5.74) is 0. The molecular formula is C15H18N2O4. The van der Waals surface area contributed by atoms with Crippen molar-refractivity contribution < 1.29 is 19.1 Å². The summed E-state index contributed by atoms with van der Waals surface area (Å²) in [6.07, 6.45) is 1.78. The maximum atomic E-state index is 12.2. The fourth-order valence-electron chi connectivity index (χ4n) is 2.49. The van der Waals surface area contributed by atoms with Gasteiger partial charge < -0.3 is 20.1 Å². The molecule has 1 saturated heterocycles. The van der Waals surface area contributed by atoms with Gasteiger partial charge in [0.2, 0.25) is 12.0 Å². The normalized spacial score (nSPS) is 24.7. The molecule has 0 saturated carbocycles. The van der Waals surface area contributed by atoms with Gasteiger partial charge in [0.15, 0.2) is 11.5 Å². The monoisotopic (exact) mass is 290 g/mol. The van der Waals surface area contributed by atoms with E-state index in [0.29, 0.717) is 24.5 Å². The van der Waals surface area contributed by atoms with Crippen molar-refractivity contribution in [3.8, 4) is 11.5 Å². The molecule has 2 amide bonds. The molecule has 0 bridgehead atoms. The fraction of sp³-hybridized carbons (Fsp3) is 0.467. The smallest absolute Gasteiger partial charge is 0.265 e. The van der Waals surface area contributed by atoms with Gasteiger partial charge in [-0.2, -0.15) is 0 Å². The molecule has 1 aromatic rings. The molecule has 2 aliphatic heterocycles. The first kappa shape index (κ1) is 13.7. The quantitative estimate of drug-likeness (QED) is 0.837. The lowest BCUT2D eigenvalue weighted by Crippen LogP contribution is -2.52. The second-order valence-corrected chi connectivity index (χ2v) is 5.21. The number of hydrogen-bond acceptors (Lipinski definition) is 4. The van der Waals surface area contributed by atoms with Gasteiger partial charge in [0.1, 0.15) is 12.6 Å². The number of fused-ring (bicyclic) bond motifs is 1. The predicted molar refractivity (Wildman–Crippen MR) is 75.1 cm³/mol. The molecule has 2 atom stereocenters. The summed E-state index contributed by atoms with van der Waals surface area (Å²) in [7, 11) is 0. The van der Waals surface area contributed by atoms with E-state index >= 15 is 0 Å². The second kappa shape index (κ2) is 6.03. The van der Waals surface area contributed by atoms with Crippen molar-refractivity contribution in [3.05, 3.63) is 24.3 Å². The van der Waals surface area contributed by atoms with Crippen molar-refractivity contribution in [2.24, 2.45) is 0 Å². The van der Waals surface area contributed by atoms with Crippen LogP contribution >= 0.6 is 0 Å². The Kier molecular flexibility index (Phi) is 3.94. The Balaban J connectivity index is 1.62. The number of carbonyl (C=O) groups is 2. The summed E-state index contributed by atoms with van der Waals surface area (Å²) < 4.78 is 11.1. The van der Waals surface area contributed by atoms with Gasteiger partial charge in [-0.1, -0.05) is 12.1 Å². The minimum Gasteiger partial charge on any atom is -0.485 e. The lowest BCUT2D eigenvalue weighted by Gasteiger charge is -2.26. The van der Waals surface area contributed by atoms with Crippen LogP contribution in [0.15, 0.2) is 24.3 Å². The molecule has 0 aromatic heterocycles. The van der Waals surface area contributed by atoms with Crippen molar-refractivity contribution in [2.75, 3.05) is 13.2 Å². The molecule has 2 heterocycles. The van der Waals surface area contributed by atoms with Gasteiger partial charge in [-0.05, 0) is 31.4 Å². The van der Waals surface area contributed by atoms with E-state index < -0.39 is 12.1 Å². The van der Waals surface area contributed by atoms with Crippen LogP contribution in [0.2, 0.25) is 0 Å². The zero-order valence-electron chi connectivity index (χ0n) is 11.6. The van der Waals surface area contributed by atoms with Crippen LogP contribution in [0.25, 0.3) is 0 Å². The van der Waals surface area contributed by atoms with Crippen LogP contribution in [-0.4, -0.2) is 37.1 Å². The van der Waals surface area contributed by atoms with E-state index in [1.807, 2.05) is 12.1 Å². The van der Waals surface area contributed by atoms with Gasteiger partial charge in [-0.3, -0.25) is 9.59 Å². The highest BCUT2D eigenvalue weighted by Crippen LogP contribution is 2.30. The minimum atomic E-state index is -0.726. The SMILES string of the molecule is O=C1NCCCCC1NC(=O)C1COc2ccccc2O1. The molecule has 2 unspecified atom stereocenters. The van der Waals surface area contributed by atoms with E-state index in [9.17, 15) is 9.59 Å². The van der Waals surface area contributed by atoms with Crippen molar-refractivity contribution in [1.29, 1.82) is 0 Å². The third-order valence-electron chi connectivity index (χ3n) is 3.65. The summed E-state index contributed by atoms with van der Waals surface area (Å²) in [5.74, 6) is 0.743. The lowest BCUT2D eigenvalue weighted by atomic mass is 10.1. The number of amides is 2. The largest absolute Gasteiger partial charge is 0.485 e. The van der Waals surface area contributed by atoms with Gasteiger partial charge in [-0.25, -0.2) is 0 Å². The Labute approximate surface area is 122 Å². The standard InChI is InChI=1S/C15H18N2O4/c18-14-10(5-3-4-8-16-14)17-15(19)13-9-20-11-6-1-2-7-12(11)21-13/h1-2,6-7,10,13H,3-5,8-9H2,(H,16,18)(H,17,19). The van der Waals surface area contributed by atoms with Crippen molar-refractivity contribution in [1.82, 2.24) is 10.6 Å². The fourth-order valence-corrected chi connectivity index (χ4v) is 2.49. The summed E-state index contributed by atoms with van der Waals surface area (Å²) in [6, 6.07) is 6.73. The summed E-state index contributed by atoms with van der Waals surface area (Å²) in [5, 5.41) is 5.55. The number of rotatable bonds is 2. The van der Waals surface area contributed by atoms with Crippen molar-refractivity contribution >= 4 is 11.8 Å². The summed E-state index contributed by atoms with van der Waals surface area (Å²) in [6.45, 7) is 0.818. The molecule has 3 rings (SSSR count). The molecule has 0 aliphatic carbocycles. The Morgan fingerprint density at radius 1 is 1.24 bits per heavy atom. The molecule has 1 aromatic carbocycles. The van der Waals surface area contributed by atoms with Gasteiger partial charge >= 0.3 is 0 Å². The molecule has 2 N–H and O–H groups in total. The second-order valence-electron chi connectivity index (χ2n) is 5.21. The lowest BCUT2D eigenvalue weighted by molar-refractivity contribution is -0.134. The minimum absolute atomic E-state index is 0.127. The van der Waals surface area contributed by atoms with E-state index in [-0.39, 0.29) is 18.4 Å². The van der Waals surface area contributed by atoms with E-state index in [1.54, 1.807) is 12.1 Å². The average Bonchev–Trinajstić information content (AvgIpc) is 2.72. The van der Waals surface area contributed by atoms with E-state index in [1.165, 1.54) is 0 Å². The van der Waals surface area contributed by atoms with E-state index in [0.717, 1.165) is 12.8 Å². The Morgan fingerprint density at radius 2 is 2.05 bits per heavy atom. The molecule has 0 spiro atoms. The van der Waals surface area contributed by atoms with Crippen molar-refractivity contribution in [2.45, 2.75) is 31.4 Å². The highest BCUT2D eigenvalue weighted by Gasteiger charge is 2.31. The van der Waals surface area contributed by atoms with E-state index in [2.05, 4.69) is 10.6 Å². The van der Waals surface area contributed by atoms with Crippen LogP contribution in [0.3, 0.4) is 0 Å². The maximum Gasteiger partial charge on any atom is 0.265 e. The average molecular weight is 290 g/mol. The zero-order valence-corrected chi connectivity index (χ0v) is 11.6. The zero-order chi connectivity index (χ0) is 14.7. The third kappa shape index (κ3) is 3.09. The molecule has 21 heavy (non-hydrogen) atoms. The number of para-hydroxylation sites is 2. The Bertz CT molecular complexity index is 546. The molecule has 1 fully saturated rings. The first-order valence-electron chi connectivity index (χ1n) is 7.20. The number of ether oxygens (including phenoxy) is 2. The Hall–Kier alpha value is -2.24. The topological polar surface area (TPSA) is 76.7 Å². The number of hydrogen-bond donors (Lipinski definition) is 2. The van der Waals surface area contributed by atoms with Crippen LogP contribution in [0, 0.1) is 0 Å². The number of nitrogens with one attached hydrogen (secondary N) is 2. The first-order chi connectivity index (χ1) is 10.2. The molecule has 6 nitrogen and oxygen atoms in total. The molecule has 0 radical (unpaired) electrons. The maximum absolute atomic E-state index is 12.2. The summed E-state index contributed by atoms with van der Waals surface area (Å²) in [4.78, 5) is 24.1. The highest BCUT2D eigenvalue weighted by molar-refractivity contribution is 5.89. The third-order valence-corrected chi connectivity index (χ3v) is 3.65. The van der Waals surface area contributed by atoms with E-state index in [4.69, 9.17) is 9.47 Å². The van der Waals surface area contributed by atoms with Gasteiger partial charge in [0, 0.05) is 6.54 Å². The van der Waals surface area contributed by atoms with Crippen LogP contribution in [0.5, 0.6) is 11.5 Å². The predicted octanol–water partition coefficient (Wildman–Crippen LogP) is 0.611. The molecule has 112 valence electrons. The van der Waals surface area contributed by atoms with Gasteiger partial charge in [-0.15, -0.1) is 0 Å². The van der Waals surface area contributed by atoms with Gasteiger partial charge in [0.05, 0.1) is 0 Å². The molecular weight excluding hydrogens is 272 g/mol. The van der Waals surface area contributed by atoms with Crippen LogP contribution in [0.4, 0.5) is 0 Å². The van der Waals surface area contributed by atoms with Crippen molar-refractivity contribution in [3.63, 3.8) is 0 Å². The van der Waals surface area contributed by atoms with Gasteiger partial charge in [0.25, 0.3) is 5.91 Å². The molecule has 6 heteroatoms. The first-order valence-corrected chi connectivity index (χ1v) is 7.20.